The zero-order valence-corrected chi connectivity index (χ0v) is 13.8. The summed E-state index contributed by atoms with van der Waals surface area (Å²) in [6, 6.07) is 0. The van der Waals surface area contributed by atoms with Gasteiger partial charge in [-0.3, -0.25) is 9.69 Å². The molecule has 3 heterocycles. The maximum Gasteiger partial charge on any atom is 0.259 e. The van der Waals surface area contributed by atoms with E-state index in [4.69, 9.17) is 4.98 Å². The summed E-state index contributed by atoms with van der Waals surface area (Å²) >= 11 is 1.73. The largest absolute Gasteiger partial charge is 0.314 e. The molecule has 2 aromatic rings. The molecule has 0 radical (unpaired) electrons. The number of hydrogen-bond acceptors (Lipinski definition) is 5. The number of H-pyrrole nitrogens is 1. The molecule has 1 aliphatic carbocycles. The Morgan fingerprint density at radius 2 is 2.18 bits per heavy atom. The summed E-state index contributed by atoms with van der Waals surface area (Å²) in [4.78, 5) is 25.0. The van der Waals surface area contributed by atoms with Crippen LogP contribution in [0.25, 0.3) is 10.2 Å². The van der Waals surface area contributed by atoms with Crippen LogP contribution in [0.15, 0.2) is 4.79 Å². The summed E-state index contributed by atoms with van der Waals surface area (Å²) in [6.45, 7) is 7.09. The van der Waals surface area contributed by atoms with Gasteiger partial charge < -0.3 is 10.3 Å². The molecule has 0 spiro atoms. The monoisotopic (exact) mass is 318 g/mol. The summed E-state index contributed by atoms with van der Waals surface area (Å²) in [7, 11) is 0. The van der Waals surface area contributed by atoms with E-state index in [-0.39, 0.29) is 5.56 Å². The third kappa shape index (κ3) is 2.59. The first-order valence-corrected chi connectivity index (χ1v) is 8.99. The van der Waals surface area contributed by atoms with Crippen molar-refractivity contribution < 1.29 is 0 Å². The van der Waals surface area contributed by atoms with E-state index in [0.717, 1.165) is 67.5 Å². The number of aromatic amines is 1. The van der Waals surface area contributed by atoms with Crippen LogP contribution >= 0.6 is 11.3 Å². The Morgan fingerprint density at radius 3 is 3.00 bits per heavy atom. The third-order valence-corrected chi connectivity index (χ3v) is 5.95. The Labute approximate surface area is 133 Å². The molecule has 1 saturated heterocycles. The SMILES string of the molecule is CC1CCc2c(sc3nc(CN4CCNCC4)[nH]c(=O)c23)C1. The molecule has 118 valence electrons. The van der Waals surface area contributed by atoms with Crippen LogP contribution in [-0.4, -0.2) is 41.0 Å². The van der Waals surface area contributed by atoms with E-state index in [2.05, 4.69) is 22.1 Å². The van der Waals surface area contributed by atoms with E-state index in [9.17, 15) is 4.79 Å². The van der Waals surface area contributed by atoms with Crippen molar-refractivity contribution in [2.75, 3.05) is 26.2 Å². The molecule has 5 nitrogen and oxygen atoms in total. The first-order chi connectivity index (χ1) is 10.7. The summed E-state index contributed by atoms with van der Waals surface area (Å²) in [6.07, 6.45) is 3.31. The molecule has 0 saturated carbocycles. The number of aryl methyl sites for hydroxylation is 1. The van der Waals surface area contributed by atoms with E-state index in [1.807, 2.05) is 0 Å². The van der Waals surface area contributed by atoms with Gasteiger partial charge in [-0.05, 0) is 30.7 Å². The zero-order chi connectivity index (χ0) is 15.1. The lowest BCUT2D eigenvalue weighted by Gasteiger charge is -2.26. The minimum atomic E-state index is 0.0576. The van der Waals surface area contributed by atoms with Gasteiger partial charge in [0.05, 0.1) is 11.9 Å². The molecule has 6 heteroatoms. The normalized spacial score (nSPS) is 22.9. The van der Waals surface area contributed by atoms with Crippen LogP contribution in [0.1, 0.15) is 29.6 Å². The summed E-state index contributed by atoms with van der Waals surface area (Å²) < 4.78 is 0. The maximum absolute atomic E-state index is 12.5. The topological polar surface area (TPSA) is 61.0 Å². The standard InChI is InChI=1S/C16H22N4OS/c1-10-2-3-11-12(8-10)22-16-14(11)15(21)18-13(19-16)9-20-6-4-17-5-7-20/h10,17H,2-9H2,1H3,(H,18,19,21). The highest BCUT2D eigenvalue weighted by molar-refractivity contribution is 7.18. The van der Waals surface area contributed by atoms with Crippen LogP contribution in [0.2, 0.25) is 0 Å². The molecule has 1 aliphatic heterocycles. The van der Waals surface area contributed by atoms with Crippen LogP contribution in [-0.2, 0) is 19.4 Å². The number of nitrogens with one attached hydrogen (secondary N) is 2. The van der Waals surface area contributed by atoms with Crippen LogP contribution in [0, 0.1) is 5.92 Å². The van der Waals surface area contributed by atoms with E-state index >= 15 is 0 Å². The van der Waals surface area contributed by atoms with Crippen molar-refractivity contribution in [1.29, 1.82) is 0 Å². The van der Waals surface area contributed by atoms with Crippen LogP contribution in [0.3, 0.4) is 0 Å². The van der Waals surface area contributed by atoms with Crippen molar-refractivity contribution in [3.63, 3.8) is 0 Å². The van der Waals surface area contributed by atoms with Crippen molar-refractivity contribution in [3.05, 3.63) is 26.6 Å². The van der Waals surface area contributed by atoms with Crippen LogP contribution in [0.4, 0.5) is 0 Å². The molecule has 2 aliphatic rings. The van der Waals surface area contributed by atoms with Gasteiger partial charge in [-0.25, -0.2) is 4.98 Å². The lowest BCUT2D eigenvalue weighted by Crippen LogP contribution is -2.43. The van der Waals surface area contributed by atoms with Crippen LogP contribution in [0.5, 0.6) is 0 Å². The van der Waals surface area contributed by atoms with Gasteiger partial charge in [-0.2, -0.15) is 0 Å². The highest BCUT2D eigenvalue weighted by atomic mass is 32.1. The average Bonchev–Trinajstić information content (AvgIpc) is 2.85. The quantitative estimate of drug-likeness (QED) is 0.881. The first-order valence-electron chi connectivity index (χ1n) is 8.17. The number of rotatable bonds is 2. The predicted octanol–water partition coefficient (Wildman–Crippen LogP) is 1.51. The highest BCUT2D eigenvalue weighted by Gasteiger charge is 2.23. The minimum absolute atomic E-state index is 0.0576. The predicted molar refractivity (Wildman–Crippen MR) is 89.6 cm³/mol. The second kappa shape index (κ2) is 5.76. The minimum Gasteiger partial charge on any atom is -0.314 e. The highest BCUT2D eigenvalue weighted by Crippen LogP contribution is 2.35. The van der Waals surface area contributed by atoms with E-state index in [0.29, 0.717) is 0 Å². The molecule has 0 aromatic carbocycles. The Kier molecular flexibility index (Phi) is 3.76. The molecule has 1 fully saturated rings. The van der Waals surface area contributed by atoms with Crippen LogP contribution < -0.4 is 10.9 Å². The lowest BCUT2D eigenvalue weighted by atomic mass is 9.89. The Bertz CT molecular complexity index is 744. The molecule has 2 aromatic heterocycles. The van der Waals surface area contributed by atoms with Crippen molar-refractivity contribution in [2.45, 2.75) is 32.7 Å². The number of nitrogens with zero attached hydrogens (tertiary/aromatic N) is 2. The van der Waals surface area contributed by atoms with Crippen molar-refractivity contribution in [2.24, 2.45) is 5.92 Å². The molecule has 4 rings (SSSR count). The zero-order valence-electron chi connectivity index (χ0n) is 12.9. The maximum atomic E-state index is 12.5. The fraction of sp³-hybridized carbons (Fsp3) is 0.625. The Balaban J connectivity index is 1.69. The second-order valence-electron chi connectivity index (χ2n) is 6.57. The fourth-order valence-electron chi connectivity index (χ4n) is 3.55. The van der Waals surface area contributed by atoms with Crippen molar-refractivity contribution in [3.8, 4) is 0 Å². The average molecular weight is 318 g/mol. The summed E-state index contributed by atoms with van der Waals surface area (Å²) in [5.74, 6) is 1.53. The number of fused-ring (bicyclic) bond motifs is 3. The molecule has 0 bridgehead atoms. The van der Waals surface area contributed by atoms with Gasteiger partial charge in [0.25, 0.3) is 5.56 Å². The van der Waals surface area contributed by atoms with Gasteiger partial charge in [0.1, 0.15) is 10.7 Å². The van der Waals surface area contributed by atoms with E-state index in [1.165, 1.54) is 16.9 Å². The molecular formula is C16H22N4OS. The summed E-state index contributed by atoms with van der Waals surface area (Å²) in [5.41, 5.74) is 1.32. The summed E-state index contributed by atoms with van der Waals surface area (Å²) in [5, 5.41) is 4.20. The van der Waals surface area contributed by atoms with Gasteiger partial charge >= 0.3 is 0 Å². The third-order valence-electron chi connectivity index (χ3n) is 4.80. The van der Waals surface area contributed by atoms with Gasteiger partial charge in [0, 0.05) is 31.1 Å². The smallest absolute Gasteiger partial charge is 0.259 e. The number of hydrogen-bond donors (Lipinski definition) is 2. The van der Waals surface area contributed by atoms with Gasteiger partial charge in [-0.15, -0.1) is 11.3 Å². The van der Waals surface area contributed by atoms with Crippen molar-refractivity contribution >= 4 is 21.6 Å². The Hall–Kier alpha value is -1.24. The molecule has 2 N–H and O–H groups in total. The lowest BCUT2D eigenvalue weighted by molar-refractivity contribution is 0.228. The number of aromatic nitrogens is 2. The van der Waals surface area contributed by atoms with Gasteiger partial charge in [0.2, 0.25) is 0 Å². The Morgan fingerprint density at radius 1 is 1.36 bits per heavy atom. The van der Waals surface area contributed by atoms with E-state index < -0.39 is 0 Å². The van der Waals surface area contributed by atoms with Crippen molar-refractivity contribution in [1.82, 2.24) is 20.2 Å². The van der Waals surface area contributed by atoms with Gasteiger partial charge in [0.15, 0.2) is 0 Å². The molecule has 1 unspecified atom stereocenters. The number of thiophene rings is 1. The molecular weight excluding hydrogens is 296 g/mol. The van der Waals surface area contributed by atoms with Gasteiger partial charge in [-0.1, -0.05) is 6.92 Å². The molecule has 0 amide bonds. The molecule has 1 atom stereocenters. The fourth-order valence-corrected chi connectivity index (χ4v) is 4.95. The first kappa shape index (κ1) is 14.4. The molecule has 22 heavy (non-hydrogen) atoms. The van der Waals surface area contributed by atoms with E-state index in [1.54, 1.807) is 11.3 Å². The second-order valence-corrected chi connectivity index (χ2v) is 7.65. The number of piperazine rings is 1.